The van der Waals surface area contributed by atoms with E-state index in [0.29, 0.717) is 4.90 Å². The molecule has 2 amide bonds. The highest BCUT2D eigenvalue weighted by atomic mass is 16.4. The smallest absolute Gasteiger partial charge is 0.414 e. The maximum Gasteiger partial charge on any atom is 0.414 e. The molecule has 80 valence electrons. The van der Waals surface area contributed by atoms with Gasteiger partial charge in [0.1, 0.15) is 0 Å². The van der Waals surface area contributed by atoms with Crippen LogP contribution < -0.4 is 0 Å². The highest BCUT2D eigenvalue weighted by Crippen LogP contribution is 2.41. The summed E-state index contributed by atoms with van der Waals surface area (Å²) < 4.78 is 0. The lowest BCUT2D eigenvalue weighted by Gasteiger charge is -2.46. The van der Waals surface area contributed by atoms with E-state index in [0.717, 1.165) is 6.08 Å². The van der Waals surface area contributed by atoms with Gasteiger partial charge in [0.2, 0.25) is 0 Å². The summed E-state index contributed by atoms with van der Waals surface area (Å²) in [6.07, 6.45) is 1.52. The van der Waals surface area contributed by atoms with Crippen molar-refractivity contribution in [2.75, 3.05) is 0 Å². The normalized spacial score (nSPS) is 33.2. The molecular weight excluding hydrogens is 202 g/mol. The zero-order chi connectivity index (χ0) is 11.2. The summed E-state index contributed by atoms with van der Waals surface area (Å²) in [5.41, 5.74) is 0. The molecule has 0 aromatic heterocycles. The Kier molecular flexibility index (Phi) is 1.99. The standard InChI is InChI=1S/C9H9NO5/c11-7-2-1-4-5(8(12)13)3-6(4)10(7)9(14)15/h1-2,4-6H,3H2,(H,12,13)(H,14,15)/t4?,5?,6-/m0/s1. The minimum absolute atomic E-state index is 0.211. The Morgan fingerprint density at radius 1 is 1.40 bits per heavy atom. The first-order chi connectivity index (χ1) is 7.02. The molecule has 1 aliphatic carbocycles. The van der Waals surface area contributed by atoms with Crippen LogP contribution in [0.3, 0.4) is 0 Å². The van der Waals surface area contributed by atoms with E-state index in [4.69, 9.17) is 10.2 Å². The lowest BCUT2D eigenvalue weighted by atomic mass is 9.67. The minimum atomic E-state index is -1.32. The van der Waals surface area contributed by atoms with Crippen molar-refractivity contribution in [1.82, 2.24) is 4.90 Å². The number of carbonyl (C=O) groups excluding carboxylic acids is 1. The maximum absolute atomic E-state index is 11.2. The highest BCUT2D eigenvalue weighted by Gasteiger charge is 2.51. The Balaban J connectivity index is 2.22. The second-order valence-electron chi connectivity index (χ2n) is 3.68. The van der Waals surface area contributed by atoms with E-state index in [2.05, 4.69) is 0 Å². The van der Waals surface area contributed by atoms with Crippen molar-refractivity contribution in [3.8, 4) is 0 Å². The Morgan fingerprint density at radius 3 is 2.60 bits per heavy atom. The van der Waals surface area contributed by atoms with Gasteiger partial charge in [0.25, 0.3) is 5.91 Å². The summed E-state index contributed by atoms with van der Waals surface area (Å²) in [7, 11) is 0. The monoisotopic (exact) mass is 211 g/mol. The molecule has 2 aliphatic rings. The van der Waals surface area contributed by atoms with Gasteiger partial charge in [-0.3, -0.25) is 9.59 Å². The van der Waals surface area contributed by atoms with E-state index >= 15 is 0 Å². The van der Waals surface area contributed by atoms with Crippen molar-refractivity contribution >= 4 is 18.0 Å². The van der Waals surface area contributed by atoms with Crippen LogP contribution >= 0.6 is 0 Å². The first-order valence-electron chi connectivity index (χ1n) is 4.49. The summed E-state index contributed by atoms with van der Waals surface area (Å²) in [6.45, 7) is 0. The summed E-state index contributed by atoms with van der Waals surface area (Å²) >= 11 is 0. The molecule has 0 bridgehead atoms. The van der Waals surface area contributed by atoms with Gasteiger partial charge in [-0.15, -0.1) is 0 Å². The third-order valence-electron chi connectivity index (χ3n) is 2.96. The molecule has 2 unspecified atom stereocenters. The molecule has 1 heterocycles. The molecule has 2 rings (SSSR count). The van der Waals surface area contributed by atoms with E-state index in [1.54, 1.807) is 0 Å². The molecule has 0 radical (unpaired) electrons. The number of imide groups is 1. The van der Waals surface area contributed by atoms with Gasteiger partial charge < -0.3 is 10.2 Å². The molecule has 15 heavy (non-hydrogen) atoms. The number of carboxylic acids is 1. The fourth-order valence-electron chi connectivity index (χ4n) is 2.13. The molecule has 2 N–H and O–H groups in total. The first kappa shape index (κ1) is 9.70. The lowest BCUT2D eigenvalue weighted by Crippen LogP contribution is -2.59. The SMILES string of the molecule is O=C(O)C1C[C@H]2C1C=CC(=O)N2C(=O)O. The van der Waals surface area contributed by atoms with Crippen LogP contribution in [0.1, 0.15) is 6.42 Å². The van der Waals surface area contributed by atoms with E-state index in [-0.39, 0.29) is 12.3 Å². The van der Waals surface area contributed by atoms with E-state index in [9.17, 15) is 14.4 Å². The van der Waals surface area contributed by atoms with Crippen molar-refractivity contribution in [3.63, 3.8) is 0 Å². The van der Waals surface area contributed by atoms with Crippen molar-refractivity contribution < 1.29 is 24.6 Å². The Hall–Kier alpha value is -1.85. The zero-order valence-electron chi connectivity index (χ0n) is 7.66. The van der Waals surface area contributed by atoms with Gasteiger partial charge >= 0.3 is 12.1 Å². The second kappa shape index (κ2) is 3.08. The molecule has 6 nitrogen and oxygen atoms in total. The summed E-state index contributed by atoms with van der Waals surface area (Å²) in [4.78, 5) is 33.4. The van der Waals surface area contributed by atoms with Crippen LogP contribution in [-0.2, 0) is 9.59 Å². The molecule has 0 aromatic rings. The van der Waals surface area contributed by atoms with Gasteiger partial charge in [-0.2, -0.15) is 0 Å². The summed E-state index contributed by atoms with van der Waals surface area (Å²) in [5.74, 6) is -2.47. The van der Waals surface area contributed by atoms with E-state index in [1.807, 2.05) is 0 Å². The van der Waals surface area contributed by atoms with Crippen LogP contribution in [-0.4, -0.2) is 39.1 Å². The van der Waals surface area contributed by atoms with Crippen LogP contribution in [0.15, 0.2) is 12.2 Å². The van der Waals surface area contributed by atoms with Crippen LogP contribution in [0.4, 0.5) is 4.79 Å². The lowest BCUT2D eigenvalue weighted by molar-refractivity contribution is -0.153. The predicted molar refractivity (Wildman–Crippen MR) is 47.0 cm³/mol. The van der Waals surface area contributed by atoms with Gasteiger partial charge in [-0.25, -0.2) is 9.69 Å². The van der Waals surface area contributed by atoms with Crippen LogP contribution in [0.2, 0.25) is 0 Å². The molecule has 0 saturated heterocycles. The van der Waals surface area contributed by atoms with Gasteiger partial charge in [-0.1, -0.05) is 6.08 Å². The van der Waals surface area contributed by atoms with Crippen molar-refractivity contribution in [2.24, 2.45) is 11.8 Å². The fraction of sp³-hybridized carbons (Fsp3) is 0.444. The Labute approximate surface area is 84.8 Å². The molecule has 0 aromatic carbocycles. The van der Waals surface area contributed by atoms with Crippen LogP contribution in [0.25, 0.3) is 0 Å². The number of rotatable bonds is 1. The molecule has 6 heteroatoms. The summed E-state index contributed by atoms with van der Waals surface area (Å²) in [5, 5.41) is 17.6. The predicted octanol–water partition coefficient (Wildman–Crippen LogP) is 0.152. The topological polar surface area (TPSA) is 94.9 Å². The second-order valence-corrected chi connectivity index (χ2v) is 3.68. The van der Waals surface area contributed by atoms with Crippen LogP contribution in [0, 0.1) is 11.8 Å². The van der Waals surface area contributed by atoms with Crippen molar-refractivity contribution in [1.29, 1.82) is 0 Å². The summed E-state index contributed by atoms with van der Waals surface area (Å²) in [6, 6.07) is -0.499. The number of aliphatic carboxylic acids is 1. The number of fused-ring (bicyclic) bond motifs is 1. The fourth-order valence-corrected chi connectivity index (χ4v) is 2.13. The van der Waals surface area contributed by atoms with Gasteiger partial charge in [-0.05, 0) is 6.42 Å². The first-order valence-corrected chi connectivity index (χ1v) is 4.49. The molecule has 1 saturated carbocycles. The molecular formula is C9H9NO5. The number of carbonyl (C=O) groups is 3. The molecule has 1 aliphatic heterocycles. The number of hydrogen-bond acceptors (Lipinski definition) is 3. The quantitative estimate of drug-likeness (QED) is 0.643. The molecule has 0 spiro atoms. The average Bonchev–Trinajstić information content (AvgIpc) is 2.07. The highest BCUT2D eigenvalue weighted by molar-refractivity contribution is 6.00. The Bertz CT molecular complexity index is 375. The zero-order valence-corrected chi connectivity index (χ0v) is 7.66. The number of carboxylic acid groups (broad SMARTS) is 2. The van der Waals surface area contributed by atoms with Gasteiger partial charge in [0.15, 0.2) is 0 Å². The van der Waals surface area contributed by atoms with Crippen molar-refractivity contribution in [2.45, 2.75) is 12.5 Å². The maximum atomic E-state index is 11.2. The van der Waals surface area contributed by atoms with Gasteiger partial charge in [0, 0.05) is 12.0 Å². The number of hydrogen-bond donors (Lipinski definition) is 2. The number of nitrogens with zero attached hydrogens (tertiary/aromatic N) is 1. The third kappa shape index (κ3) is 1.29. The van der Waals surface area contributed by atoms with E-state index < -0.39 is 29.9 Å². The Morgan fingerprint density at radius 2 is 2.07 bits per heavy atom. The third-order valence-corrected chi connectivity index (χ3v) is 2.96. The van der Waals surface area contributed by atoms with Crippen LogP contribution in [0.5, 0.6) is 0 Å². The largest absolute Gasteiger partial charge is 0.481 e. The van der Waals surface area contributed by atoms with Crippen molar-refractivity contribution in [3.05, 3.63) is 12.2 Å². The number of amides is 2. The average molecular weight is 211 g/mol. The molecule has 1 fully saturated rings. The minimum Gasteiger partial charge on any atom is -0.481 e. The van der Waals surface area contributed by atoms with E-state index in [1.165, 1.54) is 6.08 Å². The van der Waals surface area contributed by atoms with Gasteiger partial charge in [0.05, 0.1) is 12.0 Å². The molecule has 3 atom stereocenters.